The van der Waals surface area contributed by atoms with Gasteiger partial charge in [0, 0.05) is 42.0 Å². The first-order valence-corrected chi connectivity index (χ1v) is 9.98. The molecule has 0 saturated heterocycles. The van der Waals surface area contributed by atoms with Crippen LogP contribution < -0.4 is 11.1 Å². The van der Waals surface area contributed by atoms with Crippen LogP contribution in [-0.4, -0.2) is 27.1 Å². The van der Waals surface area contributed by atoms with E-state index in [1.807, 2.05) is 48.5 Å². The highest BCUT2D eigenvalue weighted by atomic mass is 16.2. The van der Waals surface area contributed by atoms with E-state index >= 15 is 0 Å². The first kappa shape index (κ1) is 22.7. The zero-order valence-electron chi connectivity index (χ0n) is 17.6. The number of amides is 1. The van der Waals surface area contributed by atoms with Crippen molar-refractivity contribution < 1.29 is 15.1 Å². The maximum Gasteiger partial charge on any atom is 0.274 e. The topological polar surface area (TPSA) is 129 Å². The van der Waals surface area contributed by atoms with Crippen LogP contribution in [-0.2, 0) is 17.8 Å². The minimum atomic E-state index is -0.342. The van der Waals surface area contributed by atoms with Gasteiger partial charge in [0.05, 0.1) is 5.69 Å². The van der Waals surface area contributed by atoms with Crippen molar-refractivity contribution in [2.75, 3.05) is 5.32 Å². The number of hydrogen-bond donors (Lipinski definition) is 2. The molecule has 0 bridgehead atoms. The number of rotatable bonds is 6. The number of hydrogen-bond acceptors (Lipinski definition) is 5. The number of anilines is 1. The van der Waals surface area contributed by atoms with Gasteiger partial charge in [0.1, 0.15) is 11.5 Å². The fraction of sp³-hybridized carbons (Fsp3) is 0.120. The van der Waals surface area contributed by atoms with E-state index in [0.29, 0.717) is 17.9 Å². The Kier molecular flexibility index (Phi) is 7.04. The second-order valence-electron chi connectivity index (χ2n) is 7.35. The van der Waals surface area contributed by atoms with Crippen molar-refractivity contribution in [1.82, 2.24) is 9.97 Å². The summed E-state index contributed by atoms with van der Waals surface area (Å²) in [5, 5.41) is 4.62. The van der Waals surface area contributed by atoms with Crippen molar-refractivity contribution in [2.45, 2.75) is 19.9 Å². The van der Waals surface area contributed by atoms with E-state index in [-0.39, 0.29) is 29.3 Å². The summed E-state index contributed by atoms with van der Waals surface area (Å²) in [5.74, 6) is -0.314. The lowest BCUT2D eigenvalue weighted by molar-refractivity contribution is -0.116. The van der Waals surface area contributed by atoms with E-state index in [4.69, 9.17) is 5.73 Å². The number of benzene rings is 2. The van der Waals surface area contributed by atoms with Gasteiger partial charge in [-0.05, 0) is 47.7 Å². The van der Waals surface area contributed by atoms with Gasteiger partial charge in [-0.15, -0.1) is 0 Å². The van der Waals surface area contributed by atoms with E-state index in [2.05, 4.69) is 15.3 Å². The minimum absolute atomic E-state index is 0. The molecule has 2 aromatic carbocycles. The predicted octanol–water partition coefficient (Wildman–Crippen LogP) is 3.31. The molecular weight excluding hydrogens is 404 g/mol. The number of pyridine rings is 2. The lowest BCUT2D eigenvalue weighted by atomic mass is 10.0. The Morgan fingerprint density at radius 2 is 1.84 bits per heavy atom. The molecule has 4 aromatic rings. The highest BCUT2D eigenvalue weighted by molar-refractivity contribution is 6.07. The quantitative estimate of drug-likeness (QED) is 0.487. The lowest BCUT2D eigenvalue weighted by Crippen LogP contribution is -2.16. The Morgan fingerprint density at radius 1 is 1.03 bits per heavy atom. The smallest absolute Gasteiger partial charge is 0.274 e. The Bertz CT molecular complexity index is 1290. The average Bonchev–Trinajstić information content (AvgIpc) is 2.79. The van der Waals surface area contributed by atoms with Gasteiger partial charge < -0.3 is 16.5 Å². The van der Waals surface area contributed by atoms with E-state index in [1.54, 1.807) is 24.5 Å². The number of carbonyl (C=O) groups is 2. The molecule has 0 aliphatic carbocycles. The van der Waals surface area contributed by atoms with Crippen LogP contribution in [0.4, 0.5) is 5.69 Å². The molecule has 32 heavy (non-hydrogen) atoms. The molecule has 162 valence electrons. The molecule has 7 heteroatoms. The fourth-order valence-corrected chi connectivity index (χ4v) is 3.52. The molecule has 7 nitrogen and oxygen atoms in total. The normalized spacial score (nSPS) is 10.4. The summed E-state index contributed by atoms with van der Waals surface area (Å²) in [7, 11) is 0. The number of ketones is 1. The van der Waals surface area contributed by atoms with Crippen LogP contribution in [0, 0.1) is 0 Å². The first-order valence-electron chi connectivity index (χ1n) is 9.98. The van der Waals surface area contributed by atoms with Crippen molar-refractivity contribution >= 4 is 28.2 Å². The van der Waals surface area contributed by atoms with Crippen LogP contribution in [0.15, 0.2) is 73.1 Å². The summed E-state index contributed by atoms with van der Waals surface area (Å²) in [6.07, 6.45) is 3.69. The number of para-hydroxylation sites is 1. The molecular formula is C25H24N4O3. The monoisotopic (exact) mass is 428 g/mol. The standard InChI is InChI=1S/C25H22N4O2.H2O/c1-16(30)11-19-6-2-3-8-22(19)29-25(31)23-13-18-9-10-27-15-21(18)24(28-23)20-7-4-5-17(12-20)14-26;/h2-10,12-13,15H,11,14,26H2,1H3,(H,29,31);1H2. The van der Waals surface area contributed by atoms with E-state index in [0.717, 1.165) is 27.5 Å². The number of nitrogens with two attached hydrogens (primary N) is 1. The average molecular weight is 428 g/mol. The highest BCUT2D eigenvalue weighted by Gasteiger charge is 2.16. The summed E-state index contributed by atoms with van der Waals surface area (Å²) in [5.41, 5.74) is 9.97. The molecule has 0 fully saturated rings. The Labute approximate surface area is 185 Å². The Hall–Kier alpha value is -3.94. The van der Waals surface area contributed by atoms with Crippen molar-refractivity contribution in [2.24, 2.45) is 5.73 Å². The van der Waals surface area contributed by atoms with Crippen LogP contribution in [0.25, 0.3) is 22.0 Å². The molecule has 0 aliphatic heterocycles. The SMILES string of the molecule is CC(=O)Cc1ccccc1NC(=O)c1cc2ccncc2c(-c2cccc(CN)c2)n1.O. The zero-order valence-corrected chi connectivity index (χ0v) is 17.6. The molecule has 2 aromatic heterocycles. The molecule has 0 saturated carbocycles. The number of carbonyl (C=O) groups excluding carboxylic acids is 2. The van der Waals surface area contributed by atoms with Crippen LogP contribution in [0.5, 0.6) is 0 Å². The maximum atomic E-state index is 13.1. The highest BCUT2D eigenvalue weighted by Crippen LogP contribution is 2.28. The van der Waals surface area contributed by atoms with Crippen LogP contribution in [0.2, 0.25) is 0 Å². The maximum absolute atomic E-state index is 13.1. The fourth-order valence-electron chi connectivity index (χ4n) is 3.52. The van der Waals surface area contributed by atoms with Gasteiger partial charge in [-0.3, -0.25) is 14.6 Å². The van der Waals surface area contributed by atoms with Gasteiger partial charge in [0.15, 0.2) is 0 Å². The third-order valence-electron chi connectivity index (χ3n) is 5.01. The largest absolute Gasteiger partial charge is 0.412 e. The van der Waals surface area contributed by atoms with Crippen molar-refractivity contribution in [3.05, 3.63) is 89.9 Å². The summed E-state index contributed by atoms with van der Waals surface area (Å²) in [4.78, 5) is 33.6. The van der Waals surface area contributed by atoms with E-state index < -0.39 is 0 Å². The third kappa shape index (κ3) is 4.85. The second kappa shape index (κ2) is 9.91. The number of nitrogens with one attached hydrogen (secondary N) is 1. The molecule has 2 heterocycles. The van der Waals surface area contributed by atoms with Gasteiger partial charge in [0.25, 0.3) is 5.91 Å². The van der Waals surface area contributed by atoms with E-state index in [1.165, 1.54) is 6.92 Å². The van der Waals surface area contributed by atoms with Crippen molar-refractivity contribution in [3.8, 4) is 11.3 Å². The lowest BCUT2D eigenvalue weighted by Gasteiger charge is -2.12. The number of nitrogens with zero attached hydrogens (tertiary/aromatic N) is 2. The molecule has 4 rings (SSSR count). The van der Waals surface area contributed by atoms with Gasteiger partial charge in [-0.1, -0.05) is 36.4 Å². The van der Waals surface area contributed by atoms with Crippen molar-refractivity contribution in [3.63, 3.8) is 0 Å². The van der Waals surface area contributed by atoms with Crippen LogP contribution >= 0.6 is 0 Å². The molecule has 5 N–H and O–H groups in total. The first-order chi connectivity index (χ1) is 15.0. The van der Waals surface area contributed by atoms with Crippen LogP contribution in [0.1, 0.15) is 28.5 Å². The minimum Gasteiger partial charge on any atom is -0.412 e. The molecule has 0 aliphatic rings. The molecule has 1 amide bonds. The van der Waals surface area contributed by atoms with Gasteiger partial charge >= 0.3 is 0 Å². The number of Topliss-reactive ketones (excluding diaryl/α,β-unsaturated/α-hetero) is 1. The summed E-state index contributed by atoms with van der Waals surface area (Å²) >= 11 is 0. The van der Waals surface area contributed by atoms with Gasteiger partial charge in [-0.2, -0.15) is 0 Å². The second-order valence-corrected chi connectivity index (χ2v) is 7.35. The van der Waals surface area contributed by atoms with Crippen LogP contribution in [0.3, 0.4) is 0 Å². The Morgan fingerprint density at radius 3 is 2.62 bits per heavy atom. The molecule has 0 radical (unpaired) electrons. The molecule has 0 atom stereocenters. The summed E-state index contributed by atoms with van der Waals surface area (Å²) < 4.78 is 0. The zero-order chi connectivity index (χ0) is 21.8. The molecule has 0 spiro atoms. The number of fused-ring (bicyclic) bond motifs is 1. The summed E-state index contributed by atoms with van der Waals surface area (Å²) in [6.45, 7) is 1.94. The third-order valence-corrected chi connectivity index (χ3v) is 5.01. The predicted molar refractivity (Wildman–Crippen MR) is 125 cm³/mol. The summed E-state index contributed by atoms with van der Waals surface area (Å²) in [6, 6.07) is 18.7. The Balaban J connectivity index is 0.00000289. The van der Waals surface area contributed by atoms with Gasteiger partial charge in [0.2, 0.25) is 0 Å². The van der Waals surface area contributed by atoms with Crippen molar-refractivity contribution in [1.29, 1.82) is 0 Å². The van der Waals surface area contributed by atoms with Gasteiger partial charge in [-0.25, -0.2) is 4.98 Å². The molecule has 0 unspecified atom stereocenters. The van der Waals surface area contributed by atoms with E-state index in [9.17, 15) is 9.59 Å². The number of aromatic nitrogens is 2.